The van der Waals surface area contributed by atoms with Crippen molar-refractivity contribution in [3.8, 4) is 0 Å². The van der Waals surface area contributed by atoms with Crippen LogP contribution in [0.25, 0.3) is 16.3 Å². The van der Waals surface area contributed by atoms with Crippen LogP contribution >= 0.6 is 11.3 Å². The molecule has 0 saturated carbocycles. The lowest BCUT2D eigenvalue weighted by atomic mass is 10.2. The van der Waals surface area contributed by atoms with Crippen molar-refractivity contribution in [3.63, 3.8) is 0 Å². The predicted octanol–water partition coefficient (Wildman–Crippen LogP) is 3.28. The lowest BCUT2D eigenvalue weighted by Crippen LogP contribution is -2.12. The number of fused-ring (bicyclic) bond motifs is 1. The summed E-state index contributed by atoms with van der Waals surface area (Å²) in [6, 6.07) is 6.30. The van der Waals surface area contributed by atoms with E-state index >= 15 is 0 Å². The van der Waals surface area contributed by atoms with Gasteiger partial charge in [0.25, 0.3) is 5.91 Å². The van der Waals surface area contributed by atoms with Crippen LogP contribution in [-0.4, -0.2) is 27.0 Å². The van der Waals surface area contributed by atoms with Gasteiger partial charge in [0.05, 0.1) is 21.3 Å². The van der Waals surface area contributed by atoms with Crippen molar-refractivity contribution < 1.29 is 14.7 Å². The molecule has 0 fully saturated rings. The smallest absolute Gasteiger partial charge is 0.335 e. The van der Waals surface area contributed by atoms with E-state index in [0.29, 0.717) is 20.9 Å². The summed E-state index contributed by atoms with van der Waals surface area (Å²) in [6.45, 7) is 3.64. The van der Waals surface area contributed by atoms with Crippen molar-refractivity contribution in [3.05, 3.63) is 59.9 Å². The van der Waals surface area contributed by atoms with Gasteiger partial charge in [-0.25, -0.2) is 9.78 Å². The van der Waals surface area contributed by atoms with Gasteiger partial charge in [-0.1, -0.05) is 24.0 Å². The average molecular weight is 325 g/mol. The molecule has 2 aromatic heterocycles. The highest BCUT2D eigenvalue weighted by Gasteiger charge is 2.12. The molecule has 0 saturated heterocycles. The Hall–Kier alpha value is -3.06. The van der Waals surface area contributed by atoms with E-state index in [1.54, 1.807) is 24.4 Å². The first-order chi connectivity index (χ1) is 11.1. The first kappa shape index (κ1) is 14.9. The van der Waals surface area contributed by atoms with Gasteiger partial charge in [-0.2, -0.15) is 0 Å². The third-order valence-electron chi connectivity index (χ3n) is 3.11. The second-order valence-corrected chi connectivity index (χ2v) is 5.70. The number of aromatic carboxylic acids is 1. The molecule has 1 aromatic carbocycles. The molecule has 23 heavy (non-hydrogen) atoms. The fraction of sp³-hybridized carbons (Fsp3) is 0. The Morgan fingerprint density at radius 3 is 2.78 bits per heavy atom. The maximum absolute atomic E-state index is 12.2. The number of hydrogen-bond donors (Lipinski definition) is 2. The number of amides is 1. The van der Waals surface area contributed by atoms with Gasteiger partial charge in [0.1, 0.15) is 0 Å². The van der Waals surface area contributed by atoms with Crippen LogP contribution in [0, 0.1) is 0 Å². The maximum atomic E-state index is 12.2. The molecular weight excluding hydrogens is 314 g/mol. The monoisotopic (exact) mass is 325 g/mol. The van der Waals surface area contributed by atoms with E-state index in [2.05, 4.69) is 21.9 Å². The van der Waals surface area contributed by atoms with E-state index in [0.717, 1.165) is 5.56 Å². The normalized spacial score (nSPS) is 10.4. The van der Waals surface area contributed by atoms with E-state index in [4.69, 9.17) is 5.11 Å². The molecule has 0 spiro atoms. The molecule has 2 N–H and O–H groups in total. The second kappa shape index (κ2) is 5.98. The molecule has 3 rings (SSSR count). The van der Waals surface area contributed by atoms with Gasteiger partial charge in [0.15, 0.2) is 5.13 Å². The Labute approximate surface area is 135 Å². The molecule has 0 aliphatic heterocycles. The van der Waals surface area contributed by atoms with E-state index in [1.165, 1.54) is 29.7 Å². The van der Waals surface area contributed by atoms with Gasteiger partial charge >= 0.3 is 5.97 Å². The number of anilines is 1. The Morgan fingerprint density at radius 2 is 2.04 bits per heavy atom. The maximum Gasteiger partial charge on any atom is 0.335 e. The van der Waals surface area contributed by atoms with Gasteiger partial charge in [-0.3, -0.25) is 15.1 Å². The van der Waals surface area contributed by atoms with Crippen molar-refractivity contribution >= 4 is 44.6 Å². The van der Waals surface area contributed by atoms with Gasteiger partial charge in [0, 0.05) is 12.4 Å². The molecule has 0 bridgehead atoms. The Bertz CT molecular complexity index is 933. The number of nitrogens with zero attached hydrogens (tertiary/aromatic N) is 2. The summed E-state index contributed by atoms with van der Waals surface area (Å²) in [7, 11) is 0. The summed E-state index contributed by atoms with van der Waals surface area (Å²) in [5, 5.41) is 12.1. The molecule has 0 atom stereocenters. The molecule has 2 heterocycles. The fourth-order valence-corrected chi connectivity index (χ4v) is 2.87. The molecule has 0 aliphatic carbocycles. The number of carbonyl (C=O) groups excluding carboxylic acids is 1. The topological polar surface area (TPSA) is 92.2 Å². The average Bonchev–Trinajstić information content (AvgIpc) is 2.96. The van der Waals surface area contributed by atoms with E-state index < -0.39 is 5.97 Å². The van der Waals surface area contributed by atoms with Crippen molar-refractivity contribution in [1.29, 1.82) is 0 Å². The second-order valence-electron chi connectivity index (χ2n) is 4.67. The summed E-state index contributed by atoms with van der Waals surface area (Å²) in [5.41, 5.74) is 1.95. The number of nitrogens with one attached hydrogen (secondary N) is 1. The molecule has 0 radical (unpaired) electrons. The van der Waals surface area contributed by atoms with E-state index in [-0.39, 0.29) is 11.5 Å². The van der Waals surface area contributed by atoms with Crippen LogP contribution in [0.3, 0.4) is 0 Å². The molecule has 6 nitrogen and oxygen atoms in total. The Morgan fingerprint density at radius 1 is 1.22 bits per heavy atom. The zero-order valence-corrected chi connectivity index (χ0v) is 12.6. The standard InChI is InChI=1S/C16H11N3O3S/c1-2-9-5-11(8-17-7-9)14(20)19-16-18-12-4-3-10(15(21)22)6-13(12)23-16/h2-8H,1H2,(H,21,22)(H,18,19,20). The highest BCUT2D eigenvalue weighted by atomic mass is 32.1. The number of carbonyl (C=O) groups is 2. The predicted molar refractivity (Wildman–Crippen MR) is 88.9 cm³/mol. The summed E-state index contributed by atoms with van der Waals surface area (Å²) in [6.07, 6.45) is 4.67. The molecule has 0 aliphatic rings. The summed E-state index contributed by atoms with van der Waals surface area (Å²) in [4.78, 5) is 31.4. The minimum Gasteiger partial charge on any atom is -0.478 e. The number of rotatable bonds is 4. The molecule has 3 aromatic rings. The highest BCUT2D eigenvalue weighted by Crippen LogP contribution is 2.27. The molecule has 7 heteroatoms. The SMILES string of the molecule is C=Cc1cncc(C(=O)Nc2nc3ccc(C(=O)O)cc3s2)c1. The van der Waals surface area contributed by atoms with Crippen LogP contribution in [0.4, 0.5) is 5.13 Å². The highest BCUT2D eigenvalue weighted by molar-refractivity contribution is 7.22. The van der Waals surface area contributed by atoms with Gasteiger partial charge in [-0.05, 0) is 29.8 Å². The number of carboxylic acids is 1. The number of hydrogen-bond acceptors (Lipinski definition) is 5. The van der Waals surface area contributed by atoms with Crippen LogP contribution in [0.5, 0.6) is 0 Å². The molecule has 0 unspecified atom stereocenters. The molecule has 1 amide bonds. The third-order valence-corrected chi connectivity index (χ3v) is 4.05. The van der Waals surface area contributed by atoms with Crippen LogP contribution in [0.1, 0.15) is 26.3 Å². The van der Waals surface area contributed by atoms with Crippen molar-refractivity contribution in [1.82, 2.24) is 9.97 Å². The largest absolute Gasteiger partial charge is 0.478 e. The lowest BCUT2D eigenvalue weighted by Gasteiger charge is -2.01. The van der Waals surface area contributed by atoms with Crippen LogP contribution in [0.2, 0.25) is 0 Å². The van der Waals surface area contributed by atoms with Crippen molar-refractivity contribution in [2.75, 3.05) is 5.32 Å². The van der Waals surface area contributed by atoms with Crippen LogP contribution < -0.4 is 5.32 Å². The summed E-state index contributed by atoms with van der Waals surface area (Å²) < 4.78 is 0.693. The fourth-order valence-electron chi connectivity index (χ4n) is 1.97. The lowest BCUT2D eigenvalue weighted by molar-refractivity contribution is 0.0697. The minimum absolute atomic E-state index is 0.182. The number of benzene rings is 1. The number of carboxylic acid groups (broad SMARTS) is 1. The van der Waals surface area contributed by atoms with Crippen LogP contribution in [-0.2, 0) is 0 Å². The minimum atomic E-state index is -1.00. The first-order valence-corrected chi connectivity index (χ1v) is 7.41. The van der Waals surface area contributed by atoms with Gasteiger partial charge in [-0.15, -0.1) is 0 Å². The Kier molecular flexibility index (Phi) is 3.86. The third kappa shape index (κ3) is 3.09. The van der Waals surface area contributed by atoms with Crippen LogP contribution in [0.15, 0.2) is 43.2 Å². The number of pyridine rings is 1. The van der Waals surface area contributed by atoms with Gasteiger partial charge < -0.3 is 5.11 Å². The number of aromatic nitrogens is 2. The quantitative estimate of drug-likeness (QED) is 0.768. The summed E-state index contributed by atoms with van der Waals surface area (Å²) in [5.74, 6) is -1.34. The zero-order valence-electron chi connectivity index (χ0n) is 11.8. The van der Waals surface area contributed by atoms with Gasteiger partial charge in [0.2, 0.25) is 0 Å². The Balaban J connectivity index is 1.87. The van der Waals surface area contributed by atoms with E-state index in [9.17, 15) is 9.59 Å². The zero-order chi connectivity index (χ0) is 16.4. The first-order valence-electron chi connectivity index (χ1n) is 6.59. The number of thiazole rings is 1. The van der Waals surface area contributed by atoms with E-state index in [1.807, 2.05) is 0 Å². The van der Waals surface area contributed by atoms with Crippen molar-refractivity contribution in [2.45, 2.75) is 0 Å². The summed E-state index contributed by atoms with van der Waals surface area (Å²) >= 11 is 1.21. The molecule has 114 valence electrons. The molecular formula is C16H11N3O3S. The van der Waals surface area contributed by atoms with Crippen molar-refractivity contribution in [2.24, 2.45) is 0 Å².